The molecule has 0 saturated carbocycles. The van der Waals surface area contributed by atoms with Crippen LogP contribution in [0.25, 0.3) is 0 Å². The molecule has 21 heavy (non-hydrogen) atoms. The quantitative estimate of drug-likeness (QED) is 0.827. The minimum atomic E-state index is -0.610. The molecule has 0 spiro atoms. The molecule has 6 nitrogen and oxygen atoms in total. The zero-order valence-corrected chi connectivity index (χ0v) is 13.6. The van der Waals surface area contributed by atoms with Gasteiger partial charge in [0.05, 0.1) is 18.8 Å². The number of nitrogens with zero attached hydrogens (tertiary/aromatic N) is 2. The molecule has 1 atom stereocenters. The van der Waals surface area contributed by atoms with Crippen molar-refractivity contribution in [1.29, 1.82) is 0 Å². The number of amides is 2. The van der Waals surface area contributed by atoms with Gasteiger partial charge in [0.25, 0.3) is 5.91 Å². The van der Waals surface area contributed by atoms with Crippen molar-refractivity contribution in [2.75, 3.05) is 19.8 Å². The molecule has 2 heterocycles. The highest BCUT2D eigenvalue weighted by Crippen LogP contribution is 2.18. The number of aromatic nitrogens is 1. The van der Waals surface area contributed by atoms with E-state index >= 15 is 0 Å². The van der Waals surface area contributed by atoms with Gasteiger partial charge in [0, 0.05) is 18.8 Å². The Kier molecular flexibility index (Phi) is 5.30. The molecule has 1 aliphatic rings. The number of nitrogens with one attached hydrogen (secondary N) is 1. The Morgan fingerprint density at radius 2 is 2.29 bits per heavy atom. The fraction of sp³-hybridized carbons (Fsp3) is 0.500. The highest BCUT2D eigenvalue weighted by Gasteiger charge is 2.34. The molecule has 2 rings (SSSR count). The van der Waals surface area contributed by atoms with Crippen LogP contribution in [0.3, 0.4) is 0 Å². The van der Waals surface area contributed by atoms with Gasteiger partial charge in [0.15, 0.2) is 0 Å². The van der Waals surface area contributed by atoms with Gasteiger partial charge in [0.2, 0.25) is 5.91 Å². The maximum atomic E-state index is 12.6. The summed E-state index contributed by atoms with van der Waals surface area (Å²) in [5.74, 6) is -0.416. The van der Waals surface area contributed by atoms with E-state index in [4.69, 9.17) is 4.74 Å². The van der Waals surface area contributed by atoms with Gasteiger partial charge in [-0.2, -0.15) is 0 Å². The lowest BCUT2D eigenvalue weighted by molar-refractivity contribution is -0.131. The third-order valence-corrected chi connectivity index (χ3v) is 3.74. The molecular formula is C14H18BrN3O3. The Hall–Kier alpha value is -1.47. The SMILES string of the molecule is CC(C)NC(=O)C1COCCN1C(=O)c1cccnc1Br. The van der Waals surface area contributed by atoms with E-state index < -0.39 is 6.04 Å². The first-order valence-corrected chi connectivity index (χ1v) is 7.59. The van der Waals surface area contributed by atoms with Gasteiger partial charge < -0.3 is 15.0 Å². The van der Waals surface area contributed by atoms with Gasteiger partial charge in [-0.05, 0) is 41.9 Å². The molecule has 0 radical (unpaired) electrons. The molecule has 114 valence electrons. The van der Waals surface area contributed by atoms with Crippen LogP contribution in [0.1, 0.15) is 24.2 Å². The van der Waals surface area contributed by atoms with Gasteiger partial charge in [-0.3, -0.25) is 9.59 Å². The topological polar surface area (TPSA) is 71.5 Å². The molecule has 0 aromatic carbocycles. The minimum Gasteiger partial charge on any atom is -0.377 e. The second-order valence-corrected chi connectivity index (χ2v) is 5.85. The molecule has 7 heteroatoms. The van der Waals surface area contributed by atoms with Gasteiger partial charge >= 0.3 is 0 Å². The van der Waals surface area contributed by atoms with Crippen LogP contribution in [0.5, 0.6) is 0 Å². The molecule has 1 aromatic rings. The Morgan fingerprint density at radius 1 is 1.52 bits per heavy atom. The molecule has 1 saturated heterocycles. The summed E-state index contributed by atoms with van der Waals surface area (Å²) in [7, 11) is 0. The first-order valence-electron chi connectivity index (χ1n) is 6.80. The van der Waals surface area contributed by atoms with Crippen molar-refractivity contribution < 1.29 is 14.3 Å². The summed E-state index contributed by atoms with van der Waals surface area (Å²) in [4.78, 5) is 30.5. The molecule has 2 amide bonds. The summed E-state index contributed by atoms with van der Waals surface area (Å²) < 4.78 is 5.83. The van der Waals surface area contributed by atoms with Gasteiger partial charge in [-0.1, -0.05) is 0 Å². The van der Waals surface area contributed by atoms with Crippen LogP contribution in [-0.2, 0) is 9.53 Å². The predicted octanol–water partition coefficient (Wildman–Crippen LogP) is 1.21. The van der Waals surface area contributed by atoms with Crippen molar-refractivity contribution in [3.05, 3.63) is 28.5 Å². The molecule has 1 unspecified atom stereocenters. The van der Waals surface area contributed by atoms with Gasteiger partial charge in [0.1, 0.15) is 10.6 Å². The van der Waals surface area contributed by atoms with Crippen molar-refractivity contribution in [2.24, 2.45) is 0 Å². The largest absolute Gasteiger partial charge is 0.377 e. The van der Waals surface area contributed by atoms with Crippen LogP contribution in [0.2, 0.25) is 0 Å². The van der Waals surface area contributed by atoms with Crippen molar-refractivity contribution in [3.63, 3.8) is 0 Å². The first kappa shape index (κ1) is 15.9. The lowest BCUT2D eigenvalue weighted by atomic mass is 10.1. The maximum absolute atomic E-state index is 12.6. The van der Waals surface area contributed by atoms with E-state index in [9.17, 15) is 9.59 Å². The number of carbonyl (C=O) groups is 2. The van der Waals surface area contributed by atoms with Crippen LogP contribution < -0.4 is 5.32 Å². The van der Waals surface area contributed by atoms with E-state index in [1.807, 2.05) is 13.8 Å². The van der Waals surface area contributed by atoms with Crippen molar-refractivity contribution in [3.8, 4) is 0 Å². The third kappa shape index (κ3) is 3.79. The molecule has 1 aromatic heterocycles. The Labute approximate surface area is 132 Å². The summed E-state index contributed by atoms with van der Waals surface area (Å²) in [5.41, 5.74) is 0.446. The monoisotopic (exact) mass is 355 g/mol. The zero-order chi connectivity index (χ0) is 15.4. The fourth-order valence-electron chi connectivity index (χ4n) is 2.14. The van der Waals surface area contributed by atoms with Crippen LogP contribution >= 0.6 is 15.9 Å². The number of hydrogen-bond donors (Lipinski definition) is 1. The van der Waals surface area contributed by atoms with Crippen LogP contribution in [-0.4, -0.2) is 53.5 Å². The number of hydrogen-bond acceptors (Lipinski definition) is 4. The molecule has 0 bridgehead atoms. The molecule has 1 fully saturated rings. The van der Waals surface area contributed by atoms with Crippen molar-refractivity contribution >= 4 is 27.7 Å². The van der Waals surface area contributed by atoms with E-state index in [0.29, 0.717) is 23.3 Å². The lowest BCUT2D eigenvalue weighted by Gasteiger charge is -2.35. The van der Waals surface area contributed by atoms with E-state index in [0.717, 1.165) is 0 Å². The third-order valence-electron chi connectivity index (χ3n) is 3.11. The maximum Gasteiger partial charge on any atom is 0.257 e. The van der Waals surface area contributed by atoms with Crippen molar-refractivity contribution in [1.82, 2.24) is 15.2 Å². The number of pyridine rings is 1. The number of ether oxygens (including phenoxy) is 1. The fourth-order valence-corrected chi connectivity index (χ4v) is 2.56. The average Bonchev–Trinajstić information content (AvgIpc) is 2.46. The number of halogens is 1. The van der Waals surface area contributed by atoms with E-state index in [2.05, 4.69) is 26.2 Å². The Morgan fingerprint density at radius 3 is 2.95 bits per heavy atom. The number of morpholine rings is 1. The summed E-state index contributed by atoms with van der Waals surface area (Å²) in [6.45, 7) is 4.78. The highest BCUT2D eigenvalue weighted by atomic mass is 79.9. The Bertz CT molecular complexity index is 536. The lowest BCUT2D eigenvalue weighted by Crippen LogP contribution is -2.56. The summed E-state index contributed by atoms with van der Waals surface area (Å²) in [6.07, 6.45) is 1.60. The van der Waals surface area contributed by atoms with Crippen LogP contribution in [0.4, 0.5) is 0 Å². The van der Waals surface area contributed by atoms with Crippen LogP contribution in [0.15, 0.2) is 22.9 Å². The normalized spacial score (nSPS) is 18.7. The van der Waals surface area contributed by atoms with E-state index in [-0.39, 0.29) is 24.5 Å². The van der Waals surface area contributed by atoms with E-state index in [1.54, 1.807) is 23.2 Å². The van der Waals surface area contributed by atoms with E-state index in [1.165, 1.54) is 0 Å². The van der Waals surface area contributed by atoms with Gasteiger partial charge in [-0.25, -0.2) is 4.98 Å². The summed E-state index contributed by atoms with van der Waals surface area (Å²) >= 11 is 3.27. The minimum absolute atomic E-state index is 0.0153. The van der Waals surface area contributed by atoms with Gasteiger partial charge in [-0.15, -0.1) is 0 Å². The first-order chi connectivity index (χ1) is 10.0. The van der Waals surface area contributed by atoms with Crippen LogP contribution in [0, 0.1) is 0 Å². The standard InChI is InChI=1S/C14H18BrN3O3/c1-9(2)17-13(19)11-8-21-7-6-18(11)14(20)10-4-3-5-16-12(10)15/h3-5,9,11H,6-8H2,1-2H3,(H,17,19). The number of rotatable bonds is 3. The van der Waals surface area contributed by atoms with Crippen molar-refractivity contribution in [2.45, 2.75) is 25.9 Å². The second kappa shape index (κ2) is 7.00. The average molecular weight is 356 g/mol. The molecule has 0 aliphatic carbocycles. The second-order valence-electron chi connectivity index (χ2n) is 5.09. The predicted molar refractivity (Wildman–Crippen MR) is 80.9 cm³/mol. The molecular weight excluding hydrogens is 338 g/mol. The zero-order valence-electron chi connectivity index (χ0n) is 12.0. The summed E-state index contributed by atoms with van der Waals surface area (Å²) in [6, 6.07) is 2.79. The molecule has 1 aliphatic heterocycles. The smallest absolute Gasteiger partial charge is 0.257 e. The number of carbonyl (C=O) groups excluding carboxylic acids is 2. The Balaban J connectivity index is 2.20. The highest BCUT2D eigenvalue weighted by molar-refractivity contribution is 9.10. The molecule has 1 N–H and O–H groups in total. The summed E-state index contributed by atoms with van der Waals surface area (Å²) in [5, 5.41) is 2.82.